The first-order valence-corrected chi connectivity index (χ1v) is 8.79. The van der Waals surface area contributed by atoms with E-state index in [9.17, 15) is 10.1 Å². The van der Waals surface area contributed by atoms with Gasteiger partial charge in [-0.1, -0.05) is 6.07 Å². The standard InChI is InChI=1S/C20H24N4O3/c1-23(2)24-14-6-5-7-15(25)19(14)18(13(11-21)20(24)22)12-8-9-16(26-3)17(10-12)27-4/h8-10,18H,5-7,22H2,1-4H3. The molecule has 7 heteroatoms. The first kappa shape index (κ1) is 18.8. The Balaban J connectivity index is 2.25. The van der Waals surface area contributed by atoms with Crippen molar-refractivity contribution < 1.29 is 14.3 Å². The van der Waals surface area contributed by atoms with Crippen LogP contribution in [0.1, 0.15) is 30.7 Å². The third kappa shape index (κ3) is 3.02. The number of hydrogen-bond donors (Lipinski definition) is 1. The normalized spacial score (nSPS) is 19.9. The van der Waals surface area contributed by atoms with Crippen LogP contribution in [0.15, 0.2) is 40.9 Å². The smallest absolute Gasteiger partial charge is 0.161 e. The maximum absolute atomic E-state index is 12.9. The van der Waals surface area contributed by atoms with Gasteiger partial charge in [0, 0.05) is 31.8 Å². The van der Waals surface area contributed by atoms with E-state index in [0.29, 0.717) is 34.9 Å². The zero-order valence-electron chi connectivity index (χ0n) is 16.1. The molecule has 0 amide bonds. The summed E-state index contributed by atoms with van der Waals surface area (Å²) in [6.07, 6.45) is 1.99. The van der Waals surface area contributed by atoms with Crippen molar-refractivity contribution in [1.82, 2.24) is 10.0 Å². The molecule has 1 atom stereocenters. The highest BCUT2D eigenvalue weighted by Gasteiger charge is 2.40. The van der Waals surface area contributed by atoms with E-state index in [0.717, 1.165) is 24.1 Å². The highest BCUT2D eigenvalue weighted by Crippen LogP contribution is 2.46. The van der Waals surface area contributed by atoms with Crippen LogP contribution in [-0.4, -0.2) is 44.1 Å². The van der Waals surface area contributed by atoms with Crippen LogP contribution < -0.4 is 15.2 Å². The number of Topliss-reactive ketones (excluding diaryl/α,β-unsaturated/α-hetero) is 1. The topological polar surface area (TPSA) is 91.8 Å². The highest BCUT2D eigenvalue weighted by atomic mass is 16.5. The molecule has 1 heterocycles. The Morgan fingerprint density at radius 1 is 1.22 bits per heavy atom. The van der Waals surface area contributed by atoms with Gasteiger partial charge in [0.2, 0.25) is 0 Å². The van der Waals surface area contributed by atoms with E-state index in [2.05, 4.69) is 6.07 Å². The predicted molar refractivity (Wildman–Crippen MR) is 101 cm³/mol. The van der Waals surface area contributed by atoms with Crippen LogP contribution >= 0.6 is 0 Å². The molecule has 0 spiro atoms. The highest BCUT2D eigenvalue weighted by molar-refractivity contribution is 5.99. The second kappa shape index (κ2) is 7.33. The molecule has 1 aliphatic carbocycles. The number of carbonyl (C=O) groups excluding carboxylic acids is 1. The van der Waals surface area contributed by atoms with E-state index in [1.807, 2.05) is 31.2 Å². The zero-order valence-corrected chi connectivity index (χ0v) is 16.1. The van der Waals surface area contributed by atoms with E-state index >= 15 is 0 Å². The predicted octanol–water partition coefficient (Wildman–Crippen LogP) is 2.28. The fourth-order valence-electron chi connectivity index (χ4n) is 3.89. The lowest BCUT2D eigenvalue weighted by molar-refractivity contribution is -0.116. The molecule has 3 rings (SSSR count). The fraction of sp³-hybridized carbons (Fsp3) is 0.400. The average molecular weight is 368 g/mol. The number of hydrazine groups is 1. The van der Waals surface area contributed by atoms with Crippen molar-refractivity contribution in [2.75, 3.05) is 28.3 Å². The lowest BCUT2D eigenvalue weighted by Gasteiger charge is -2.42. The first-order chi connectivity index (χ1) is 12.9. The molecule has 1 aromatic carbocycles. The summed E-state index contributed by atoms with van der Waals surface area (Å²) in [4.78, 5) is 12.9. The van der Waals surface area contributed by atoms with Crippen LogP contribution in [0, 0.1) is 11.3 Å². The summed E-state index contributed by atoms with van der Waals surface area (Å²) in [7, 11) is 6.82. The third-order valence-electron chi connectivity index (χ3n) is 5.03. The molecular formula is C20H24N4O3. The van der Waals surface area contributed by atoms with Crippen LogP contribution in [0.2, 0.25) is 0 Å². The Hall–Kier alpha value is -2.98. The van der Waals surface area contributed by atoms with Crippen LogP contribution in [0.5, 0.6) is 11.5 Å². The fourth-order valence-corrected chi connectivity index (χ4v) is 3.89. The van der Waals surface area contributed by atoms with Crippen molar-refractivity contribution in [2.45, 2.75) is 25.2 Å². The molecule has 1 aliphatic heterocycles. The molecule has 1 aromatic rings. The van der Waals surface area contributed by atoms with Gasteiger partial charge in [-0.15, -0.1) is 0 Å². The second-order valence-electron chi connectivity index (χ2n) is 6.75. The number of methoxy groups -OCH3 is 2. The minimum Gasteiger partial charge on any atom is -0.493 e. The molecule has 27 heavy (non-hydrogen) atoms. The van der Waals surface area contributed by atoms with E-state index in [1.54, 1.807) is 25.3 Å². The number of benzene rings is 1. The Morgan fingerprint density at radius 3 is 2.52 bits per heavy atom. The van der Waals surface area contributed by atoms with Crippen molar-refractivity contribution >= 4 is 5.78 Å². The molecule has 0 saturated heterocycles. The monoisotopic (exact) mass is 368 g/mol. The lowest BCUT2D eigenvalue weighted by atomic mass is 9.76. The Kier molecular flexibility index (Phi) is 5.10. The number of rotatable bonds is 4. The number of nitriles is 1. The summed E-state index contributed by atoms with van der Waals surface area (Å²) in [5.74, 6) is 1.05. The zero-order chi connectivity index (χ0) is 19.7. The molecule has 0 bridgehead atoms. The summed E-state index contributed by atoms with van der Waals surface area (Å²) >= 11 is 0. The second-order valence-corrected chi connectivity index (χ2v) is 6.75. The van der Waals surface area contributed by atoms with Gasteiger partial charge in [-0.05, 0) is 30.5 Å². The largest absolute Gasteiger partial charge is 0.493 e. The molecule has 142 valence electrons. The summed E-state index contributed by atoms with van der Waals surface area (Å²) in [6, 6.07) is 7.68. The molecule has 0 saturated carbocycles. The van der Waals surface area contributed by atoms with Gasteiger partial charge in [0.15, 0.2) is 17.3 Å². The minimum atomic E-state index is -0.506. The van der Waals surface area contributed by atoms with Crippen LogP contribution in [0.4, 0.5) is 0 Å². The first-order valence-electron chi connectivity index (χ1n) is 8.79. The quantitative estimate of drug-likeness (QED) is 0.871. The number of carbonyl (C=O) groups is 1. The number of nitrogens with zero attached hydrogens (tertiary/aromatic N) is 3. The van der Waals surface area contributed by atoms with Crippen molar-refractivity contribution in [3.63, 3.8) is 0 Å². The Morgan fingerprint density at radius 2 is 1.93 bits per heavy atom. The molecule has 2 aliphatic rings. The van der Waals surface area contributed by atoms with Gasteiger partial charge in [-0.3, -0.25) is 9.80 Å². The molecule has 1 unspecified atom stereocenters. The summed E-state index contributed by atoms with van der Waals surface area (Å²) in [6.45, 7) is 0. The molecular weight excluding hydrogens is 344 g/mol. The molecule has 2 N–H and O–H groups in total. The number of hydrogen-bond acceptors (Lipinski definition) is 7. The maximum Gasteiger partial charge on any atom is 0.161 e. The van der Waals surface area contributed by atoms with Crippen molar-refractivity contribution in [3.05, 3.63) is 46.4 Å². The molecule has 0 fully saturated rings. The lowest BCUT2D eigenvalue weighted by Crippen LogP contribution is -2.45. The average Bonchev–Trinajstić information content (AvgIpc) is 2.66. The SMILES string of the molecule is COc1ccc(C2C(C#N)=C(N)N(N(C)C)C3=C2C(=O)CCC3)cc1OC. The number of ether oxygens (including phenoxy) is 2. The third-order valence-corrected chi connectivity index (χ3v) is 5.03. The number of ketones is 1. The summed E-state index contributed by atoms with van der Waals surface area (Å²) in [5.41, 5.74) is 9.05. The van der Waals surface area contributed by atoms with E-state index in [-0.39, 0.29) is 5.78 Å². The van der Waals surface area contributed by atoms with E-state index in [1.165, 1.54) is 0 Å². The van der Waals surface area contributed by atoms with Gasteiger partial charge in [0.1, 0.15) is 5.82 Å². The number of allylic oxidation sites excluding steroid dienone is 3. The van der Waals surface area contributed by atoms with Crippen molar-refractivity contribution in [3.8, 4) is 17.6 Å². The van der Waals surface area contributed by atoms with Crippen LogP contribution in [0.25, 0.3) is 0 Å². The van der Waals surface area contributed by atoms with Gasteiger partial charge in [0.25, 0.3) is 0 Å². The van der Waals surface area contributed by atoms with Gasteiger partial charge in [0.05, 0.1) is 31.8 Å². The number of nitrogens with two attached hydrogens (primary N) is 1. The van der Waals surface area contributed by atoms with Gasteiger partial charge in [-0.2, -0.15) is 5.26 Å². The molecule has 0 aromatic heterocycles. The van der Waals surface area contributed by atoms with E-state index < -0.39 is 5.92 Å². The maximum atomic E-state index is 12.9. The van der Waals surface area contributed by atoms with Gasteiger partial charge >= 0.3 is 0 Å². The van der Waals surface area contributed by atoms with Crippen LogP contribution in [-0.2, 0) is 4.79 Å². The van der Waals surface area contributed by atoms with Crippen molar-refractivity contribution in [2.24, 2.45) is 5.73 Å². The van der Waals surface area contributed by atoms with Gasteiger partial charge in [-0.25, -0.2) is 5.01 Å². The summed E-state index contributed by atoms with van der Waals surface area (Å²) < 4.78 is 10.7. The minimum absolute atomic E-state index is 0.0585. The molecule has 0 radical (unpaired) electrons. The Labute approximate surface area is 159 Å². The van der Waals surface area contributed by atoms with Crippen LogP contribution in [0.3, 0.4) is 0 Å². The van der Waals surface area contributed by atoms with Gasteiger partial charge < -0.3 is 15.2 Å². The summed E-state index contributed by atoms with van der Waals surface area (Å²) in [5, 5.41) is 13.5. The van der Waals surface area contributed by atoms with E-state index in [4.69, 9.17) is 15.2 Å². The molecule has 7 nitrogen and oxygen atoms in total. The Bertz CT molecular complexity index is 880. The van der Waals surface area contributed by atoms with Crippen molar-refractivity contribution in [1.29, 1.82) is 5.26 Å².